The van der Waals surface area contributed by atoms with Crippen molar-refractivity contribution in [2.75, 3.05) is 19.7 Å². The number of piperidine rings is 1. The molecule has 0 spiro atoms. The molecule has 0 bridgehead atoms. The van der Waals surface area contributed by atoms with E-state index in [1.807, 2.05) is 6.07 Å². The first-order chi connectivity index (χ1) is 12.6. The second-order valence-electron chi connectivity index (χ2n) is 5.96. The highest BCUT2D eigenvalue weighted by atomic mass is 16.6. The predicted octanol–water partition coefficient (Wildman–Crippen LogP) is 0.911. The second-order valence-corrected chi connectivity index (χ2v) is 5.96. The van der Waals surface area contributed by atoms with Crippen molar-refractivity contribution in [3.8, 4) is 5.69 Å². The molecule has 1 aliphatic heterocycles. The first-order valence-corrected chi connectivity index (χ1v) is 8.56. The molecule has 9 heteroatoms. The van der Waals surface area contributed by atoms with Crippen molar-refractivity contribution in [3.63, 3.8) is 0 Å². The van der Waals surface area contributed by atoms with Gasteiger partial charge in [0.25, 0.3) is 5.91 Å². The van der Waals surface area contributed by atoms with E-state index in [0.29, 0.717) is 38.2 Å². The monoisotopic (exact) mass is 359 g/mol. The summed E-state index contributed by atoms with van der Waals surface area (Å²) in [4.78, 5) is 40.2. The van der Waals surface area contributed by atoms with Gasteiger partial charge in [0.1, 0.15) is 0 Å². The summed E-state index contributed by atoms with van der Waals surface area (Å²) >= 11 is 0. The molecule has 1 aromatic carbocycles. The van der Waals surface area contributed by atoms with Gasteiger partial charge >= 0.3 is 11.8 Å². The van der Waals surface area contributed by atoms with Gasteiger partial charge in [0, 0.05) is 19.1 Å². The molecule has 1 saturated heterocycles. The Labute approximate surface area is 150 Å². The molecule has 138 valence electrons. The third kappa shape index (κ3) is 3.93. The van der Waals surface area contributed by atoms with E-state index in [1.165, 1.54) is 0 Å². The van der Waals surface area contributed by atoms with E-state index >= 15 is 0 Å². The Kier molecular flexibility index (Phi) is 5.35. The Hall–Kier alpha value is -3.10. The molecular weight excluding hydrogens is 338 g/mol. The van der Waals surface area contributed by atoms with Gasteiger partial charge in [-0.1, -0.05) is 18.2 Å². The Morgan fingerprint density at radius 1 is 1.27 bits per heavy atom. The van der Waals surface area contributed by atoms with Crippen LogP contribution >= 0.6 is 0 Å². The van der Waals surface area contributed by atoms with Crippen LogP contribution in [0.3, 0.4) is 0 Å². The highest BCUT2D eigenvalue weighted by Crippen LogP contribution is 2.12. The van der Waals surface area contributed by atoms with Gasteiger partial charge in [-0.2, -0.15) is 4.68 Å². The van der Waals surface area contributed by atoms with Gasteiger partial charge in [-0.3, -0.25) is 9.78 Å². The summed E-state index contributed by atoms with van der Waals surface area (Å²) in [6.07, 6.45) is 0.908. The lowest BCUT2D eigenvalue weighted by molar-refractivity contribution is 0.0853. The quantitative estimate of drug-likeness (QED) is 0.843. The third-order valence-corrected chi connectivity index (χ3v) is 4.19. The number of ether oxygens (including phenoxy) is 1. The van der Waals surface area contributed by atoms with E-state index in [9.17, 15) is 14.4 Å². The molecule has 2 amide bonds. The zero-order valence-corrected chi connectivity index (χ0v) is 14.5. The molecule has 1 fully saturated rings. The lowest BCUT2D eigenvalue weighted by Gasteiger charge is -2.31. The molecular formula is C17H21N5O4. The Bertz CT molecular complexity index is 821. The number of carbonyl (C=O) groups excluding carboxylic acids is 2. The molecule has 0 saturated carbocycles. The van der Waals surface area contributed by atoms with Crippen LogP contribution < -0.4 is 11.0 Å². The third-order valence-electron chi connectivity index (χ3n) is 4.19. The predicted molar refractivity (Wildman–Crippen MR) is 93.3 cm³/mol. The molecule has 0 atom stereocenters. The molecule has 0 unspecified atom stereocenters. The molecule has 1 aliphatic rings. The number of likely N-dealkylation sites (tertiary alicyclic amines) is 1. The molecule has 3 rings (SSSR count). The fourth-order valence-corrected chi connectivity index (χ4v) is 2.85. The minimum Gasteiger partial charge on any atom is -0.450 e. The molecule has 2 N–H and O–H groups in total. The lowest BCUT2D eigenvalue weighted by Crippen LogP contribution is -2.46. The fraction of sp³-hybridized carbons (Fsp3) is 0.412. The zero-order chi connectivity index (χ0) is 18.5. The molecule has 2 heterocycles. The minimum atomic E-state index is -0.474. The van der Waals surface area contributed by atoms with Gasteiger partial charge in [0.05, 0.1) is 12.3 Å². The van der Waals surface area contributed by atoms with E-state index in [2.05, 4.69) is 15.4 Å². The van der Waals surface area contributed by atoms with Crippen LogP contribution in [-0.4, -0.2) is 57.4 Å². The SMILES string of the molecule is CCOC(=O)N1CCC(NC(=O)c2nn(-c3ccccc3)c(=O)[nH]2)CC1. The Morgan fingerprint density at radius 3 is 2.62 bits per heavy atom. The normalized spacial score (nSPS) is 14.9. The number of amides is 2. The fourth-order valence-electron chi connectivity index (χ4n) is 2.85. The van der Waals surface area contributed by atoms with Crippen molar-refractivity contribution >= 4 is 12.0 Å². The first kappa shape index (κ1) is 17.7. The van der Waals surface area contributed by atoms with Gasteiger partial charge in [0.2, 0.25) is 5.82 Å². The first-order valence-electron chi connectivity index (χ1n) is 8.56. The van der Waals surface area contributed by atoms with Gasteiger partial charge < -0.3 is 15.0 Å². The highest BCUT2D eigenvalue weighted by molar-refractivity contribution is 5.90. The van der Waals surface area contributed by atoms with Crippen LogP contribution in [0.4, 0.5) is 4.79 Å². The van der Waals surface area contributed by atoms with Crippen molar-refractivity contribution in [2.24, 2.45) is 0 Å². The molecule has 0 radical (unpaired) electrons. The molecule has 26 heavy (non-hydrogen) atoms. The number of H-pyrrole nitrogens is 1. The highest BCUT2D eigenvalue weighted by Gasteiger charge is 2.25. The molecule has 0 aliphatic carbocycles. The summed E-state index contributed by atoms with van der Waals surface area (Å²) in [6, 6.07) is 8.78. The number of nitrogens with zero attached hydrogens (tertiary/aromatic N) is 3. The number of aromatic nitrogens is 3. The van der Waals surface area contributed by atoms with E-state index in [-0.39, 0.29) is 18.0 Å². The summed E-state index contributed by atoms with van der Waals surface area (Å²) in [5.41, 5.74) is 0.106. The van der Waals surface area contributed by atoms with E-state index in [0.717, 1.165) is 4.68 Å². The topological polar surface area (TPSA) is 109 Å². The average molecular weight is 359 g/mol. The van der Waals surface area contributed by atoms with Gasteiger partial charge in [-0.05, 0) is 31.9 Å². The number of benzene rings is 1. The number of aromatic amines is 1. The number of para-hydroxylation sites is 1. The van der Waals surface area contributed by atoms with Crippen LogP contribution in [0.1, 0.15) is 30.4 Å². The maximum atomic E-state index is 12.4. The average Bonchev–Trinajstić information content (AvgIpc) is 3.05. The smallest absolute Gasteiger partial charge is 0.409 e. The van der Waals surface area contributed by atoms with Crippen molar-refractivity contribution in [3.05, 3.63) is 46.6 Å². The molecule has 1 aromatic heterocycles. The summed E-state index contributed by atoms with van der Waals surface area (Å²) in [6.45, 7) is 3.13. The van der Waals surface area contributed by atoms with Crippen molar-refractivity contribution < 1.29 is 14.3 Å². The number of rotatable bonds is 4. The number of hydrogen-bond acceptors (Lipinski definition) is 5. The van der Waals surface area contributed by atoms with Crippen LogP contribution in [0.15, 0.2) is 35.1 Å². The zero-order valence-electron chi connectivity index (χ0n) is 14.5. The number of carbonyl (C=O) groups is 2. The molecule has 2 aromatic rings. The summed E-state index contributed by atoms with van der Waals surface area (Å²) in [5, 5.41) is 6.92. The van der Waals surface area contributed by atoms with Gasteiger partial charge in [-0.15, -0.1) is 5.10 Å². The van der Waals surface area contributed by atoms with Crippen molar-refractivity contribution in [1.82, 2.24) is 25.0 Å². The minimum absolute atomic E-state index is 0.0355. The van der Waals surface area contributed by atoms with Gasteiger partial charge in [0.15, 0.2) is 0 Å². The summed E-state index contributed by atoms with van der Waals surface area (Å²) in [7, 11) is 0. The second kappa shape index (κ2) is 7.85. The number of nitrogens with one attached hydrogen (secondary N) is 2. The maximum absolute atomic E-state index is 12.4. The Morgan fingerprint density at radius 2 is 1.96 bits per heavy atom. The summed E-state index contributed by atoms with van der Waals surface area (Å²) < 4.78 is 6.12. The van der Waals surface area contributed by atoms with Gasteiger partial charge in [-0.25, -0.2) is 9.59 Å². The number of hydrogen-bond donors (Lipinski definition) is 2. The van der Waals surface area contributed by atoms with Crippen LogP contribution in [0.25, 0.3) is 5.69 Å². The van der Waals surface area contributed by atoms with E-state index < -0.39 is 11.6 Å². The Balaban J connectivity index is 1.60. The van der Waals surface area contributed by atoms with Crippen LogP contribution in [0.2, 0.25) is 0 Å². The van der Waals surface area contributed by atoms with Crippen molar-refractivity contribution in [1.29, 1.82) is 0 Å². The van der Waals surface area contributed by atoms with Crippen LogP contribution in [0, 0.1) is 0 Å². The maximum Gasteiger partial charge on any atom is 0.409 e. The molecule has 9 nitrogen and oxygen atoms in total. The largest absolute Gasteiger partial charge is 0.450 e. The van der Waals surface area contributed by atoms with E-state index in [4.69, 9.17) is 4.74 Å². The standard InChI is InChI=1S/C17H21N5O4/c1-2-26-17(25)21-10-8-12(9-11-21)18-15(23)14-19-16(24)22(20-14)13-6-4-3-5-7-13/h3-7,12H,2,8-11H2,1H3,(H,18,23)(H,19,20,24). The lowest BCUT2D eigenvalue weighted by atomic mass is 10.1. The van der Waals surface area contributed by atoms with Crippen molar-refractivity contribution in [2.45, 2.75) is 25.8 Å². The van der Waals surface area contributed by atoms with Crippen LogP contribution in [0.5, 0.6) is 0 Å². The summed E-state index contributed by atoms with van der Waals surface area (Å²) in [5.74, 6) is -0.474. The van der Waals surface area contributed by atoms with Crippen LogP contribution in [-0.2, 0) is 4.74 Å². The van der Waals surface area contributed by atoms with E-state index in [1.54, 1.807) is 36.1 Å².